The Morgan fingerprint density at radius 1 is 1.15 bits per heavy atom. The van der Waals surface area contributed by atoms with Gasteiger partial charge in [0.25, 0.3) is 5.91 Å². The molecule has 138 valence electrons. The van der Waals surface area contributed by atoms with Crippen molar-refractivity contribution in [2.24, 2.45) is 29.6 Å². The summed E-state index contributed by atoms with van der Waals surface area (Å²) in [5, 5.41) is 11.3. The van der Waals surface area contributed by atoms with Gasteiger partial charge in [0.2, 0.25) is 5.91 Å². The molecular weight excluding hydrogens is 352 g/mol. The molecule has 0 saturated heterocycles. The summed E-state index contributed by atoms with van der Waals surface area (Å²) in [6, 6.07) is 0. The van der Waals surface area contributed by atoms with Gasteiger partial charge >= 0.3 is 5.97 Å². The average molecular weight is 374 g/mol. The van der Waals surface area contributed by atoms with Crippen molar-refractivity contribution >= 4 is 29.1 Å². The molecule has 0 aromatic carbocycles. The van der Waals surface area contributed by atoms with Crippen molar-refractivity contribution < 1.29 is 19.5 Å². The molecule has 1 aromatic heterocycles. The average Bonchev–Trinajstić information content (AvgIpc) is 3.32. The van der Waals surface area contributed by atoms with Gasteiger partial charge < -0.3 is 5.11 Å². The maximum Gasteiger partial charge on any atom is 0.307 e. The van der Waals surface area contributed by atoms with Crippen molar-refractivity contribution in [1.82, 2.24) is 10.9 Å². The maximum atomic E-state index is 12.5. The van der Waals surface area contributed by atoms with Crippen LogP contribution < -0.4 is 10.9 Å². The number of carboxylic acids is 1. The van der Waals surface area contributed by atoms with Gasteiger partial charge in [0.05, 0.1) is 17.4 Å². The summed E-state index contributed by atoms with van der Waals surface area (Å²) < 4.78 is 0. The van der Waals surface area contributed by atoms with Crippen molar-refractivity contribution in [3.8, 4) is 0 Å². The third-order valence-electron chi connectivity index (χ3n) is 5.99. The zero-order chi connectivity index (χ0) is 18.4. The number of amides is 2. The molecule has 3 N–H and O–H groups in total. The van der Waals surface area contributed by atoms with Gasteiger partial charge in [0, 0.05) is 10.3 Å². The van der Waals surface area contributed by atoms with E-state index in [0.29, 0.717) is 17.9 Å². The van der Waals surface area contributed by atoms with Crippen LogP contribution >= 0.6 is 11.3 Å². The topological polar surface area (TPSA) is 95.5 Å². The fraction of sp³-hybridized carbons (Fsp3) is 0.526. The van der Waals surface area contributed by atoms with Gasteiger partial charge in [-0.1, -0.05) is 19.1 Å². The molecule has 1 fully saturated rings. The highest BCUT2D eigenvalue weighted by Gasteiger charge is 2.51. The number of allylic oxidation sites excluding steroid dienone is 2. The van der Waals surface area contributed by atoms with Crippen molar-refractivity contribution in [1.29, 1.82) is 0 Å². The van der Waals surface area contributed by atoms with E-state index in [0.717, 1.165) is 24.8 Å². The number of nitrogens with one attached hydrogen (secondary N) is 2. The lowest BCUT2D eigenvalue weighted by atomic mass is 9.82. The number of hydrogen-bond donors (Lipinski definition) is 3. The van der Waals surface area contributed by atoms with Gasteiger partial charge in [0.1, 0.15) is 0 Å². The number of carboxylic acid groups (broad SMARTS) is 1. The molecule has 2 bridgehead atoms. The Bertz CT molecular complexity index is 799. The first-order valence-electron chi connectivity index (χ1n) is 9.06. The predicted octanol–water partition coefficient (Wildman–Crippen LogP) is 2.16. The van der Waals surface area contributed by atoms with E-state index in [1.807, 2.05) is 17.5 Å². The van der Waals surface area contributed by atoms with Crippen molar-refractivity contribution in [2.75, 3.05) is 0 Å². The number of thiophene rings is 1. The molecule has 3 aliphatic rings. The van der Waals surface area contributed by atoms with E-state index in [4.69, 9.17) is 0 Å². The fourth-order valence-corrected chi connectivity index (χ4v) is 5.90. The first-order chi connectivity index (χ1) is 12.5. The summed E-state index contributed by atoms with van der Waals surface area (Å²) in [5.74, 6) is -2.54. The zero-order valence-electron chi connectivity index (χ0n) is 14.5. The normalized spacial score (nSPS) is 31.5. The molecule has 0 aliphatic heterocycles. The van der Waals surface area contributed by atoms with E-state index in [-0.39, 0.29) is 17.7 Å². The van der Waals surface area contributed by atoms with Crippen molar-refractivity contribution in [3.05, 3.63) is 33.5 Å². The number of carbonyl (C=O) groups excluding carboxylic acids is 2. The number of carbonyl (C=O) groups is 3. The molecule has 5 atom stereocenters. The maximum absolute atomic E-state index is 12.5. The van der Waals surface area contributed by atoms with Gasteiger partial charge in [-0.3, -0.25) is 25.2 Å². The van der Waals surface area contributed by atoms with Gasteiger partial charge in [-0.05, 0) is 49.0 Å². The van der Waals surface area contributed by atoms with Gasteiger partial charge in [-0.15, -0.1) is 11.3 Å². The van der Waals surface area contributed by atoms with E-state index in [9.17, 15) is 19.5 Å². The molecular formula is C19H22N2O4S. The van der Waals surface area contributed by atoms with Gasteiger partial charge in [0.15, 0.2) is 0 Å². The highest BCUT2D eigenvalue weighted by molar-refractivity contribution is 7.10. The number of hydrogen-bond acceptors (Lipinski definition) is 4. The summed E-state index contributed by atoms with van der Waals surface area (Å²) in [6.45, 7) is 2.21. The summed E-state index contributed by atoms with van der Waals surface area (Å²) >= 11 is 1.60. The lowest BCUT2D eigenvalue weighted by Crippen LogP contribution is -2.48. The third-order valence-corrected chi connectivity index (χ3v) is 7.04. The van der Waals surface area contributed by atoms with E-state index < -0.39 is 23.7 Å². The predicted molar refractivity (Wildman–Crippen MR) is 96.5 cm³/mol. The van der Waals surface area contributed by atoms with Crippen LogP contribution in [-0.4, -0.2) is 22.9 Å². The van der Waals surface area contributed by atoms with Crippen LogP contribution in [0, 0.1) is 29.6 Å². The van der Waals surface area contributed by atoms with Crippen LogP contribution in [0.1, 0.15) is 40.6 Å². The van der Waals surface area contributed by atoms with Gasteiger partial charge in [-0.2, -0.15) is 0 Å². The monoisotopic (exact) mass is 374 g/mol. The Kier molecular flexibility index (Phi) is 4.34. The van der Waals surface area contributed by atoms with E-state index >= 15 is 0 Å². The van der Waals surface area contributed by atoms with Crippen LogP contribution in [-0.2, 0) is 22.4 Å². The summed E-state index contributed by atoms with van der Waals surface area (Å²) in [4.78, 5) is 37.8. The highest BCUT2D eigenvalue weighted by Crippen LogP contribution is 2.48. The molecule has 1 heterocycles. The summed E-state index contributed by atoms with van der Waals surface area (Å²) in [5.41, 5.74) is 6.67. The van der Waals surface area contributed by atoms with Gasteiger partial charge in [-0.25, -0.2) is 0 Å². The fourth-order valence-electron chi connectivity index (χ4n) is 4.65. The van der Waals surface area contributed by atoms with E-state index in [1.165, 1.54) is 4.88 Å². The molecule has 7 heteroatoms. The SMILES string of the molecule is C[C@H]1CCc2c(C(=O)NNC(=O)[C@@H]3[C@@H](C(=O)O)[C@H]4C=C[C@H]3C4)csc2C1. The molecule has 0 spiro atoms. The summed E-state index contributed by atoms with van der Waals surface area (Å²) in [7, 11) is 0. The first-order valence-corrected chi connectivity index (χ1v) is 9.94. The molecule has 6 nitrogen and oxygen atoms in total. The molecule has 3 aliphatic carbocycles. The third kappa shape index (κ3) is 2.84. The molecule has 2 amide bonds. The van der Waals surface area contributed by atoms with E-state index in [1.54, 1.807) is 11.3 Å². The molecule has 0 radical (unpaired) electrons. The van der Waals surface area contributed by atoms with Crippen molar-refractivity contribution in [2.45, 2.75) is 32.6 Å². The van der Waals surface area contributed by atoms with Crippen LogP contribution in [0.4, 0.5) is 0 Å². The zero-order valence-corrected chi connectivity index (χ0v) is 15.3. The minimum absolute atomic E-state index is 0.0617. The first kappa shape index (κ1) is 17.3. The standard InChI is InChI=1S/C19H22N2O4S/c1-9-2-5-12-13(8-26-14(12)6-9)17(22)20-21-18(23)15-10-3-4-11(7-10)16(15)19(24)25/h3-4,8-11,15-16H,2,5-7H2,1H3,(H,20,22)(H,21,23)(H,24,25)/t9-,10-,11-,15-,16-/m0/s1. The Labute approximate surface area is 155 Å². The Balaban J connectivity index is 1.41. The lowest BCUT2D eigenvalue weighted by molar-refractivity contribution is -0.148. The Hall–Kier alpha value is -2.15. The number of hydrazine groups is 1. The van der Waals surface area contributed by atoms with Crippen molar-refractivity contribution in [3.63, 3.8) is 0 Å². The number of rotatable bonds is 3. The van der Waals surface area contributed by atoms with Crippen LogP contribution in [0.2, 0.25) is 0 Å². The quantitative estimate of drug-likeness (QED) is 0.558. The highest BCUT2D eigenvalue weighted by atomic mass is 32.1. The second-order valence-corrected chi connectivity index (χ2v) is 8.64. The number of fused-ring (bicyclic) bond motifs is 3. The Morgan fingerprint density at radius 2 is 1.88 bits per heavy atom. The Morgan fingerprint density at radius 3 is 2.62 bits per heavy atom. The largest absolute Gasteiger partial charge is 0.481 e. The lowest BCUT2D eigenvalue weighted by Gasteiger charge is -2.24. The van der Waals surface area contributed by atoms with Crippen LogP contribution in [0.3, 0.4) is 0 Å². The number of aliphatic carboxylic acids is 1. The minimum atomic E-state index is -0.950. The van der Waals surface area contributed by atoms with E-state index in [2.05, 4.69) is 17.8 Å². The molecule has 1 aromatic rings. The molecule has 26 heavy (non-hydrogen) atoms. The molecule has 0 unspecified atom stereocenters. The van der Waals surface area contributed by atoms with Crippen LogP contribution in [0.5, 0.6) is 0 Å². The summed E-state index contributed by atoms with van der Waals surface area (Å²) in [6.07, 6.45) is 7.46. The second kappa shape index (κ2) is 6.54. The molecule has 1 saturated carbocycles. The van der Waals surface area contributed by atoms with Crippen LogP contribution in [0.15, 0.2) is 17.5 Å². The molecule has 4 rings (SSSR count). The minimum Gasteiger partial charge on any atom is -0.481 e. The smallest absolute Gasteiger partial charge is 0.307 e. The second-order valence-electron chi connectivity index (χ2n) is 7.68. The van der Waals surface area contributed by atoms with Crippen LogP contribution in [0.25, 0.3) is 0 Å².